The SMILES string of the molecule is CCCCC/C=C\C/C=C\C/C=C\CCCCCCCCCCCCCCCCC(=O)NC(COP(=O)([O-])OCC[N+](C)(C)C)C(/C=C\CCCCCCCCCCCCC)OC(=O)CCCCCCCCCCC/C=C/CCCCCCCC. The molecule has 3 unspecified atom stereocenters. The summed E-state index contributed by atoms with van der Waals surface area (Å²) in [5.41, 5.74) is 0. The standard InChI is InChI=1S/C75H141N2O7P/c1-7-10-13-16-19-22-25-28-30-32-34-35-36-37-38-39-40-41-43-44-46-49-52-55-58-61-64-67-74(78)76-72(71-83-85(80,81)82-70-69-77(4,5)6)73(66-63-60-57-54-51-48-27-24-21-18-15-12-9-3)84-75(79)68-65-62-59-56-53-50-47-45-42-33-31-29-26-23-20-17-14-11-8-2/h19,22,28-31,34-35,63,66,72-73H,7-18,20-21,23-27,32-33,36-62,64-65,67-71H2,1-6H3,(H-,76,78,80,81)/b22-19-,30-28-,31-29+,35-34-,66-63-. The zero-order valence-corrected chi connectivity index (χ0v) is 58.0. The number of carbonyl (C=O) groups is 2. The maximum atomic E-state index is 13.6. The van der Waals surface area contributed by atoms with E-state index in [0.717, 1.165) is 70.6 Å². The Bertz CT molecular complexity index is 1640. The van der Waals surface area contributed by atoms with Gasteiger partial charge in [0.2, 0.25) is 5.91 Å². The monoisotopic (exact) mass is 1210 g/mol. The van der Waals surface area contributed by atoms with Gasteiger partial charge in [0, 0.05) is 12.8 Å². The van der Waals surface area contributed by atoms with Crippen LogP contribution in [0.15, 0.2) is 60.8 Å². The Balaban J connectivity index is 5.04. The second kappa shape index (κ2) is 64.7. The van der Waals surface area contributed by atoms with E-state index in [4.69, 9.17) is 13.8 Å². The minimum atomic E-state index is -4.71. The highest BCUT2D eigenvalue weighted by Crippen LogP contribution is 2.38. The number of ether oxygens (including phenoxy) is 1. The molecule has 9 nitrogen and oxygen atoms in total. The molecule has 0 spiro atoms. The van der Waals surface area contributed by atoms with Crippen molar-refractivity contribution in [2.24, 2.45) is 0 Å². The molecule has 85 heavy (non-hydrogen) atoms. The number of phosphoric acid groups is 1. The smallest absolute Gasteiger partial charge is 0.306 e. The Hall–Kier alpha value is -2.29. The van der Waals surface area contributed by atoms with Crippen molar-refractivity contribution in [3.05, 3.63) is 60.8 Å². The summed E-state index contributed by atoms with van der Waals surface area (Å²) in [6.07, 6.45) is 83.4. The van der Waals surface area contributed by atoms with E-state index in [1.807, 2.05) is 33.3 Å². The van der Waals surface area contributed by atoms with E-state index in [1.165, 1.54) is 250 Å². The van der Waals surface area contributed by atoms with Crippen molar-refractivity contribution in [1.29, 1.82) is 0 Å². The summed E-state index contributed by atoms with van der Waals surface area (Å²) in [7, 11) is 1.19. The van der Waals surface area contributed by atoms with Gasteiger partial charge in [-0.2, -0.15) is 0 Å². The fourth-order valence-corrected chi connectivity index (χ4v) is 11.5. The highest BCUT2D eigenvalue weighted by molar-refractivity contribution is 7.45. The Kier molecular flexibility index (Phi) is 62.9. The summed E-state index contributed by atoms with van der Waals surface area (Å²) >= 11 is 0. The summed E-state index contributed by atoms with van der Waals surface area (Å²) < 4.78 is 30.5. The molecule has 0 radical (unpaired) electrons. The van der Waals surface area contributed by atoms with Gasteiger partial charge in [0.15, 0.2) is 0 Å². The third kappa shape index (κ3) is 66.0. The van der Waals surface area contributed by atoms with Crippen LogP contribution < -0.4 is 10.2 Å². The lowest BCUT2D eigenvalue weighted by Crippen LogP contribution is -2.47. The van der Waals surface area contributed by atoms with E-state index >= 15 is 0 Å². The summed E-state index contributed by atoms with van der Waals surface area (Å²) in [5, 5.41) is 3.05. The first kappa shape index (κ1) is 82.7. The van der Waals surface area contributed by atoms with Gasteiger partial charge in [0.1, 0.15) is 19.3 Å². The minimum absolute atomic E-state index is 0.0222. The van der Waals surface area contributed by atoms with Crippen LogP contribution in [-0.4, -0.2) is 69.4 Å². The van der Waals surface area contributed by atoms with Gasteiger partial charge >= 0.3 is 5.97 Å². The minimum Gasteiger partial charge on any atom is -0.756 e. The maximum absolute atomic E-state index is 13.6. The van der Waals surface area contributed by atoms with Crippen LogP contribution in [0.1, 0.15) is 355 Å². The fraction of sp³-hybridized carbons (Fsp3) is 0.840. The number of amides is 1. The topological polar surface area (TPSA) is 114 Å². The highest BCUT2D eigenvalue weighted by atomic mass is 31.2. The zero-order chi connectivity index (χ0) is 62.1. The van der Waals surface area contributed by atoms with Crippen LogP contribution in [0.3, 0.4) is 0 Å². The van der Waals surface area contributed by atoms with Gasteiger partial charge in [-0.15, -0.1) is 0 Å². The van der Waals surface area contributed by atoms with Crippen molar-refractivity contribution >= 4 is 19.7 Å². The molecule has 498 valence electrons. The van der Waals surface area contributed by atoms with E-state index in [9.17, 15) is 19.0 Å². The van der Waals surface area contributed by atoms with Gasteiger partial charge in [0.05, 0.1) is 33.8 Å². The third-order valence-electron chi connectivity index (χ3n) is 16.4. The number of unbranched alkanes of at least 4 members (excludes halogenated alkanes) is 43. The quantitative estimate of drug-likeness (QED) is 0.0212. The molecule has 0 aromatic rings. The Labute approximate surface area is 528 Å². The number of phosphoric ester groups is 1. The zero-order valence-electron chi connectivity index (χ0n) is 57.1. The van der Waals surface area contributed by atoms with E-state index in [-0.39, 0.29) is 31.5 Å². The lowest BCUT2D eigenvalue weighted by Gasteiger charge is -2.30. The van der Waals surface area contributed by atoms with Gasteiger partial charge in [0.25, 0.3) is 7.82 Å². The second-order valence-corrected chi connectivity index (χ2v) is 27.5. The number of quaternary nitrogens is 1. The molecule has 0 aliphatic heterocycles. The number of rotatable bonds is 67. The van der Waals surface area contributed by atoms with Crippen LogP contribution in [0.4, 0.5) is 0 Å². The number of nitrogens with one attached hydrogen (secondary N) is 1. The molecule has 0 saturated carbocycles. The third-order valence-corrected chi connectivity index (χ3v) is 17.4. The number of carbonyl (C=O) groups excluding carboxylic acids is 2. The number of hydrogen-bond donors (Lipinski definition) is 1. The average molecular weight is 1210 g/mol. The van der Waals surface area contributed by atoms with Gasteiger partial charge in [-0.3, -0.25) is 14.2 Å². The van der Waals surface area contributed by atoms with E-state index in [2.05, 4.69) is 74.7 Å². The van der Waals surface area contributed by atoms with Crippen LogP contribution in [-0.2, 0) is 27.9 Å². The van der Waals surface area contributed by atoms with Gasteiger partial charge < -0.3 is 28.5 Å². The average Bonchev–Trinajstić information content (AvgIpc) is 3.53. The molecule has 0 heterocycles. The van der Waals surface area contributed by atoms with Crippen molar-refractivity contribution in [2.45, 2.75) is 367 Å². The Morgan fingerprint density at radius 1 is 0.412 bits per heavy atom. The first-order chi connectivity index (χ1) is 41.4. The molecule has 0 rings (SSSR count). The predicted octanol–water partition coefficient (Wildman–Crippen LogP) is 22.7. The molecule has 0 aromatic heterocycles. The number of allylic oxidation sites excluding steroid dienone is 9. The van der Waals surface area contributed by atoms with Gasteiger partial charge in [-0.05, 0) is 96.0 Å². The predicted molar refractivity (Wildman–Crippen MR) is 367 cm³/mol. The van der Waals surface area contributed by atoms with E-state index in [0.29, 0.717) is 17.4 Å². The molecule has 0 fully saturated rings. The van der Waals surface area contributed by atoms with E-state index < -0.39 is 20.0 Å². The molecule has 0 aromatic carbocycles. The molecule has 0 saturated heterocycles. The van der Waals surface area contributed by atoms with Crippen LogP contribution in [0, 0.1) is 0 Å². The summed E-state index contributed by atoms with van der Waals surface area (Å²) in [5.74, 6) is -0.530. The first-order valence-corrected chi connectivity index (χ1v) is 38.1. The van der Waals surface area contributed by atoms with Gasteiger partial charge in [-0.25, -0.2) is 0 Å². The number of esters is 1. The summed E-state index contributed by atoms with van der Waals surface area (Å²) in [4.78, 5) is 40.2. The lowest BCUT2D eigenvalue weighted by molar-refractivity contribution is -0.870. The number of nitrogens with zero attached hydrogens (tertiary/aromatic N) is 1. The highest BCUT2D eigenvalue weighted by Gasteiger charge is 2.27. The largest absolute Gasteiger partial charge is 0.756 e. The molecule has 0 bridgehead atoms. The van der Waals surface area contributed by atoms with Crippen molar-refractivity contribution < 1.29 is 37.3 Å². The van der Waals surface area contributed by atoms with Crippen molar-refractivity contribution in [1.82, 2.24) is 5.32 Å². The molecule has 10 heteroatoms. The van der Waals surface area contributed by atoms with Crippen LogP contribution in [0.5, 0.6) is 0 Å². The molecular formula is C75H141N2O7P. The molecule has 0 aliphatic rings. The first-order valence-electron chi connectivity index (χ1n) is 36.6. The maximum Gasteiger partial charge on any atom is 0.306 e. The fourth-order valence-electron chi connectivity index (χ4n) is 10.8. The van der Waals surface area contributed by atoms with Crippen LogP contribution in [0.2, 0.25) is 0 Å². The van der Waals surface area contributed by atoms with Crippen molar-refractivity contribution in [3.8, 4) is 0 Å². The summed E-state index contributed by atoms with van der Waals surface area (Å²) in [6.45, 7) is 6.86. The number of hydrogen-bond acceptors (Lipinski definition) is 7. The van der Waals surface area contributed by atoms with Crippen molar-refractivity contribution in [2.75, 3.05) is 40.9 Å². The molecule has 1 N–H and O–H groups in total. The van der Waals surface area contributed by atoms with Gasteiger partial charge in [-0.1, -0.05) is 307 Å². The molecule has 1 amide bonds. The normalized spacial score (nSPS) is 13.8. The Morgan fingerprint density at radius 3 is 1.11 bits per heavy atom. The summed E-state index contributed by atoms with van der Waals surface area (Å²) in [6, 6.07) is -0.890. The number of likely N-dealkylation sites (N-methyl/N-ethyl adjacent to an activating group) is 1. The van der Waals surface area contributed by atoms with E-state index in [1.54, 1.807) is 0 Å². The lowest BCUT2D eigenvalue weighted by atomic mass is 10.0. The van der Waals surface area contributed by atoms with Crippen LogP contribution >= 0.6 is 7.82 Å². The Morgan fingerprint density at radius 2 is 0.718 bits per heavy atom. The molecular weight excluding hydrogens is 1070 g/mol. The van der Waals surface area contributed by atoms with Crippen LogP contribution in [0.25, 0.3) is 0 Å². The molecule has 0 aliphatic carbocycles. The molecule has 3 atom stereocenters. The second-order valence-electron chi connectivity index (χ2n) is 26.1. The van der Waals surface area contributed by atoms with Crippen molar-refractivity contribution in [3.63, 3.8) is 0 Å².